The van der Waals surface area contributed by atoms with Crippen molar-refractivity contribution >= 4 is 11.9 Å². The van der Waals surface area contributed by atoms with Crippen molar-refractivity contribution < 1.29 is 19.1 Å². The molecule has 0 aromatic rings. The lowest BCUT2D eigenvalue weighted by Gasteiger charge is -2.12. The number of likely N-dealkylation sites (tertiary alicyclic amines) is 1. The number of ether oxygens (including phenoxy) is 2. The van der Waals surface area contributed by atoms with Gasteiger partial charge >= 0.3 is 11.9 Å². The van der Waals surface area contributed by atoms with E-state index < -0.39 is 11.9 Å². The van der Waals surface area contributed by atoms with Crippen LogP contribution < -0.4 is 0 Å². The molecule has 0 N–H and O–H groups in total. The highest BCUT2D eigenvalue weighted by Crippen LogP contribution is 2.19. The first kappa shape index (κ1) is 23.3. The van der Waals surface area contributed by atoms with Gasteiger partial charge in [-0.2, -0.15) is 0 Å². The van der Waals surface area contributed by atoms with Gasteiger partial charge in [-0.25, -0.2) is 9.59 Å². The maximum atomic E-state index is 12.4. The van der Waals surface area contributed by atoms with Crippen LogP contribution in [0.2, 0.25) is 0 Å². The second kappa shape index (κ2) is 14.3. The summed E-state index contributed by atoms with van der Waals surface area (Å²) in [5.74, 6) is -1.16. The fourth-order valence-electron chi connectivity index (χ4n) is 2.98. The summed E-state index contributed by atoms with van der Waals surface area (Å²) in [5.41, 5.74) is 1.12. The molecule has 5 heteroatoms. The summed E-state index contributed by atoms with van der Waals surface area (Å²) in [6.07, 6.45) is 13.7. The van der Waals surface area contributed by atoms with Gasteiger partial charge in [-0.15, -0.1) is 0 Å². The first-order valence-corrected chi connectivity index (χ1v) is 10.6. The molecule has 0 spiro atoms. The number of carbonyl (C=O) groups excluding carboxylic acids is 2. The van der Waals surface area contributed by atoms with E-state index in [0.717, 1.165) is 76.5 Å². The summed E-state index contributed by atoms with van der Waals surface area (Å²) in [7, 11) is 2.02. The van der Waals surface area contributed by atoms with Gasteiger partial charge < -0.3 is 14.4 Å². The highest BCUT2D eigenvalue weighted by molar-refractivity contribution is 6.14. The third kappa shape index (κ3) is 9.64. The van der Waals surface area contributed by atoms with Crippen molar-refractivity contribution in [3.63, 3.8) is 0 Å². The van der Waals surface area contributed by atoms with Crippen LogP contribution in [0.25, 0.3) is 0 Å². The first-order chi connectivity index (χ1) is 13.1. The molecule has 0 aromatic heterocycles. The Labute approximate surface area is 164 Å². The van der Waals surface area contributed by atoms with E-state index in [1.807, 2.05) is 13.1 Å². The predicted molar refractivity (Wildman–Crippen MR) is 108 cm³/mol. The van der Waals surface area contributed by atoms with Gasteiger partial charge in [0.25, 0.3) is 0 Å². The van der Waals surface area contributed by atoms with Crippen molar-refractivity contribution in [1.82, 2.24) is 4.90 Å². The van der Waals surface area contributed by atoms with Gasteiger partial charge in [-0.3, -0.25) is 0 Å². The molecule has 5 nitrogen and oxygen atoms in total. The molecule has 0 atom stereocenters. The van der Waals surface area contributed by atoms with Crippen molar-refractivity contribution in [3.8, 4) is 0 Å². The van der Waals surface area contributed by atoms with E-state index in [-0.39, 0.29) is 5.57 Å². The third-order valence-electron chi connectivity index (χ3n) is 4.76. The minimum absolute atomic E-state index is 0.00576. The van der Waals surface area contributed by atoms with Crippen LogP contribution in [0.15, 0.2) is 23.4 Å². The van der Waals surface area contributed by atoms with Gasteiger partial charge in [-0.1, -0.05) is 52.4 Å². The molecule has 0 aliphatic carbocycles. The van der Waals surface area contributed by atoms with E-state index in [9.17, 15) is 9.59 Å². The van der Waals surface area contributed by atoms with Gasteiger partial charge in [-0.05, 0) is 37.8 Å². The van der Waals surface area contributed by atoms with Crippen molar-refractivity contribution in [2.75, 3.05) is 26.8 Å². The molecule has 0 saturated carbocycles. The zero-order chi connectivity index (χ0) is 19.9. The van der Waals surface area contributed by atoms with E-state index in [4.69, 9.17) is 9.47 Å². The highest BCUT2D eigenvalue weighted by atomic mass is 16.6. The van der Waals surface area contributed by atoms with Crippen LogP contribution in [0.5, 0.6) is 0 Å². The van der Waals surface area contributed by atoms with Crippen molar-refractivity contribution in [2.45, 2.75) is 78.1 Å². The van der Waals surface area contributed by atoms with E-state index in [0.29, 0.717) is 13.2 Å². The Bertz CT molecular complexity index is 482. The van der Waals surface area contributed by atoms with Crippen molar-refractivity contribution in [2.24, 2.45) is 0 Å². The van der Waals surface area contributed by atoms with Gasteiger partial charge in [0.1, 0.15) is 5.57 Å². The van der Waals surface area contributed by atoms with E-state index >= 15 is 0 Å². The number of allylic oxidation sites excluding steroid dienone is 3. The van der Waals surface area contributed by atoms with Gasteiger partial charge in [0.05, 0.1) is 13.2 Å². The molecule has 0 bridgehead atoms. The van der Waals surface area contributed by atoms with Crippen LogP contribution in [-0.4, -0.2) is 43.6 Å². The van der Waals surface area contributed by atoms with Crippen LogP contribution in [-0.2, 0) is 19.1 Å². The Balaban J connectivity index is 2.64. The van der Waals surface area contributed by atoms with Gasteiger partial charge in [0.2, 0.25) is 0 Å². The Hall–Kier alpha value is -1.78. The Morgan fingerprint density at radius 1 is 0.926 bits per heavy atom. The minimum Gasteiger partial charge on any atom is -0.462 e. The molecule has 1 fully saturated rings. The lowest BCUT2D eigenvalue weighted by atomic mass is 10.2. The summed E-state index contributed by atoms with van der Waals surface area (Å²) in [6, 6.07) is 0. The zero-order valence-corrected chi connectivity index (χ0v) is 17.4. The van der Waals surface area contributed by atoms with Gasteiger partial charge in [0, 0.05) is 19.3 Å². The Morgan fingerprint density at radius 3 is 1.93 bits per heavy atom. The second-order valence-electron chi connectivity index (χ2n) is 7.16. The number of hydrogen-bond donors (Lipinski definition) is 0. The number of rotatable bonds is 13. The molecule has 0 unspecified atom stereocenters. The molecule has 154 valence electrons. The van der Waals surface area contributed by atoms with Crippen LogP contribution in [0, 0.1) is 0 Å². The van der Waals surface area contributed by atoms with Crippen molar-refractivity contribution in [3.05, 3.63) is 23.4 Å². The van der Waals surface area contributed by atoms with Crippen LogP contribution >= 0.6 is 0 Å². The molecular formula is C22H37NO4. The molecule has 1 heterocycles. The molecule has 27 heavy (non-hydrogen) atoms. The summed E-state index contributed by atoms with van der Waals surface area (Å²) >= 11 is 0. The normalized spacial score (nSPS) is 15.1. The fraction of sp³-hybridized carbons (Fsp3) is 0.727. The topological polar surface area (TPSA) is 55.8 Å². The quantitative estimate of drug-likeness (QED) is 0.152. The summed E-state index contributed by atoms with van der Waals surface area (Å²) < 4.78 is 10.6. The Kier molecular flexibility index (Phi) is 12.3. The molecular weight excluding hydrogens is 342 g/mol. The Morgan fingerprint density at radius 2 is 1.48 bits per heavy atom. The molecule has 0 aromatic carbocycles. The van der Waals surface area contributed by atoms with Crippen LogP contribution in [0.3, 0.4) is 0 Å². The third-order valence-corrected chi connectivity index (χ3v) is 4.76. The minimum atomic E-state index is -0.581. The highest BCUT2D eigenvalue weighted by Gasteiger charge is 2.21. The lowest BCUT2D eigenvalue weighted by molar-refractivity contribution is -0.147. The predicted octanol–water partition coefficient (Wildman–Crippen LogP) is 4.77. The molecule has 1 saturated heterocycles. The molecule has 1 aliphatic heterocycles. The summed E-state index contributed by atoms with van der Waals surface area (Å²) in [6.45, 7) is 5.96. The summed E-state index contributed by atoms with van der Waals surface area (Å²) in [5, 5.41) is 0. The molecule has 0 radical (unpaired) electrons. The lowest BCUT2D eigenvalue weighted by Crippen LogP contribution is -2.19. The SMILES string of the molecule is CCCCCCOC(=O)C(=C/C=C1\CCCN1C)C(=O)OCCCCCC. The number of carbonyl (C=O) groups is 2. The van der Waals surface area contributed by atoms with Crippen molar-refractivity contribution in [1.29, 1.82) is 0 Å². The zero-order valence-electron chi connectivity index (χ0n) is 17.4. The van der Waals surface area contributed by atoms with E-state index in [1.165, 1.54) is 0 Å². The van der Waals surface area contributed by atoms with Gasteiger partial charge in [0.15, 0.2) is 0 Å². The van der Waals surface area contributed by atoms with Crippen LogP contribution in [0.1, 0.15) is 78.1 Å². The number of nitrogens with zero attached hydrogens (tertiary/aromatic N) is 1. The van der Waals surface area contributed by atoms with Crippen LogP contribution in [0.4, 0.5) is 0 Å². The first-order valence-electron chi connectivity index (χ1n) is 10.6. The fourth-order valence-corrected chi connectivity index (χ4v) is 2.98. The van der Waals surface area contributed by atoms with E-state index in [2.05, 4.69) is 18.7 Å². The maximum absolute atomic E-state index is 12.4. The molecule has 0 amide bonds. The second-order valence-corrected chi connectivity index (χ2v) is 7.16. The number of hydrogen-bond acceptors (Lipinski definition) is 5. The molecule has 1 rings (SSSR count). The summed E-state index contributed by atoms with van der Waals surface area (Å²) in [4.78, 5) is 26.9. The average molecular weight is 380 g/mol. The average Bonchev–Trinajstić information content (AvgIpc) is 3.06. The van der Waals surface area contributed by atoms with E-state index in [1.54, 1.807) is 6.08 Å². The largest absolute Gasteiger partial charge is 0.462 e. The number of esters is 2. The number of unbranched alkanes of at least 4 members (excludes halogenated alkanes) is 6. The maximum Gasteiger partial charge on any atom is 0.345 e. The monoisotopic (exact) mass is 379 g/mol. The smallest absolute Gasteiger partial charge is 0.345 e. The standard InChI is InChI=1S/C22H37NO4/c1-4-6-8-10-17-26-21(24)20(15-14-19-13-12-16-23(19)3)22(25)27-18-11-9-7-5-2/h14-15H,4-13,16-18H2,1-3H3/b19-14+. The molecule has 1 aliphatic rings.